The molecule has 0 spiro atoms. The number of ether oxygens (including phenoxy) is 2. The number of carbonyl (C=O) groups excluding carboxylic acids is 1. The largest absolute Gasteiger partial charge is 0.478 e. The minimum absolute atomic E-state index is 0.00832. The van der Waals surface area contributed by atoms with E-state index in [0.29, 0.717) is 49.4 Å². The molecule has 8 heteroatoms. The topological polar surface area (TPSA) is 78.4 Å². The molecule has 2 aliphatic heterocycles. The lowest BCUT2D eigenvalue weighted by atomic mass is 9.96. The Balaban J connectivity index is 1.04. The van der Waals surface area contributed by atoms with Crippen molar-refractivity contribution in [2.75, 3.05) is 55.9 Å². The number of carbonyl (C=O) groups is 1. The summed E-state index contributed by atoms with van der Waals surface area (Å²) in [4.78, 5) is 24.0. The summed E-state index contributed by atoms with van der Waals surface area (Å²) in [5.74, 6) is 1.98. The first-order valence-electron chi connectivity index (χ1n) is 16.0. The summed E-state index contributed by atoms with van der Waals surface area (Å²) in [5.41, 5.74) is 2.34. The maximum absolute atomic E-state index is 12.7. The van der Waals surface area contributed by atoms with Gasteiger partial charge in [-0.25, -0.2) is 0 Å². The predicted molar refractivity (Wildman–Crippen MR) is 173 cm³/mol. The molecule has 2 unspecified atom stereocenters. The van der Waals surface area contributed by atoms with Crippen LogP contribution in [-0.4, -0.2) is 73.2 Å². The molecule has 5 rings (SSSR count). The van der Waals surface area contributed by atoms with Crippen molar-refractivity contribution in [3.63, 3.8) is 0 Å². The van der Waals surface area contributed by atoms with Gasteiger partial charge in [-0.1, -0.05) is 57.2 Å². The second-order valence-corrected chi connectivity index (χ2v) is 12.6. The van der Waals surface area contributed by atoms with Crippen molar-refractivity contribution >= 4 is 28.2 Å². The van der Waals surface area contributed by atoms with Crippen molar-refractivity contribution in [1.29, 1.82) is 0 Å². The lowest BCUT2D eigenvalue weighted by molar-refractivity contribution is -0.128. The van der Waals surface area contributed by atoms with Crippen molar-refractivity contribution in [3.05, 3.63) is 60.2 Å². The fourth-order valence-corrected chi connectivity index (χ4v) is 6.38. The van der Waals surface area contributed by atoms with Gasteiger partial charge >= 0.3 is 0 Å². The van der Waals surface area contributed by atoms with E-state index in [1.54, 1.807) is 4.90 Å². The molecule has 0 bridgehead atoms. The summed E-state index contributed by atoms with van der Waals surface area (Å²) in [6.45, 7) is 12.3. The first-order valence-corrected chi connectivity index (χ1v) is 16.0. The second kappa shape index (κ2) is 15.0. The molecule has 2 atom stereocenters. The minimum Gasteiger partial charge on any atom is -0.478 e. The molecule has 0 aliphatic carbocycles. The van der Waals surface area contributed by atoms with Crippen LogP contribution in [-0.2, 0) is 16.0 Å². The Labute approximate surface area is 256 Å². The van der Waals surface area contributed by atoms with Crippen molar-refractivity contribution in [1.82, 2.24) is 9.88 Å². The number of fused-ring (bicyclic) bond motifs is 2. The minimum atomic E-state index is -0.910. The van der Waals surface area contributed by atoms with Crippen LogP contribution in [0.5, 0.6) is 5.88 Å². The molecule has 1 saturated heterocycles. The Morgan fingerprint density at radius 1 is 0.907 bits per heavy atom. The number of anilines is 2. The number of aromatic nitrogens is 1. The van der Waals surface area contributed by atoms with Gasteiger partial charge in [-0.3, -0.25) is 14.6 Å². The second-order valence-electron chi connectivity index (χ2n) is 12.6. The Morgan fingerprint density at radius 3 is 2.51 bits per heavy atom. The van der Waals surface area contributed by atoms with Crippen LogP contribution in [0.1, 0.15) is 58.4 Å². The van der Waals surface area contributed by atoms with E-state index in [4.69, 9.17) is 9.47 Å². The van der Waals surface area contributed by atoms with Crippen LogP contribution in [0, 0.1) is 11.8 Å². The molecule has 232 valence electrons. The third-order valence-electron chi connectivity index (χ3n) is 8.57. The molecule has 1 amide bonds. The van der Waals surface area contributed by atoms with Crippen molar-refractivity contribution in [2.24, 2.45) is 11.8 Å². The molecular formula is C35H48N4O4. The zero-order valence-corrected chi connectivity index (χ0v) is 26.1. The Morgan fingerprint density at radius 2 is 1.70 bits per heavy atom. The monoisotopic (exact) mass is 588 g/mol. The summed E-state index contributed by atoms with van der Waals surface area (Å²) in [7, 11) is 0. The van der Waals surface area contributed by atoms with E-state index in [0.717, 1.165) is 57.5 Å². The molecule has 8 nitrogen and oxygen atoms in total. The van der Waals surface area contributed by atoms with E-state index >= 15 is 0 Å². The summed E-state index contributed by atoms with van der Waals surface area (Å²) in [6, 6.07) is 19.1. The molecule has 2 aromatic carbocycles. The van der Waals surface area contributed by atoms with Crippen LogP contribution in [0.25, 0.3) is 10.8 Å². The van der Waals surface area contributed by atoms with Gasteiger partial charge in [0.05, 0.1) is 6.61 Å². The Kier molecular flexibility index (Phi) is 10.9. The normalized spacial score (nSPS) is 17.4. The van der Waals surface area contributed by atoms with Gasteiger partial charge in [0, 0.05) is 56.2 Å². The van der Waals surface area contributed by atoms with Gasteiger partial charge in [-0.05, 0) is 67.1 Å². The van der Waals surface area contributed by atoms with Gasteiger partial charge in [0.15, 0.2) is 6.29 Å². The van der Waals surface area contributed by atoms with Crippen LogP contribution in [0.4, 0.5) is 11.5 Å². The number of aliphatic hydroxyl groups excluding tert-OH is 1. The summed E-state index contributed by atoms with van der Waals surface area (Å²) >= 11 is 0. The number of pyridine rings is 1. The Bertz CT molecular complexity index is 1340. The van der Waals surface area contributed by atoms with Gasteiger partial charge in [0.25, 0.3) is 0 Å². The number of piperazine rings is 1. The van der Waals surface area contributed by atoms with E-state index in [1.165, 1.54) is 16.5 Å². The van der Waals surface area contributed by atoms with Crippen molar-refractivity contribution in [3.8, 4) is 5.88 Å². The average Bonchev–Trinajstić information content (AvgIpc) is 3.00. The number of benzene rings is 2. The Hall–Kier alpha value is -3.20. The molecule has 3 heterocycles. The van der Waals surface area contributed by atoms with E-state index in [-0.39, 0.29) is 12.6 Å². The number of hydrogen-bond donors (Lipinski definition) is 1. The smallest absolute Gasteiger partial charge is 0.230 e. The molecule has 3 aromatic rings. The first-order chi connectivity index (χ1) is 20.9. The van der Waals surface area contributed by atoms with Gasteiger partial charge in [0.1, 0.15) is 12.5 Å². The zero-order valence-electron chi connectivity index (χ0n) is 26.1. The van der Waals surface area contributed by atoms with Gasteiger partial charge < -0.3 is 19.5 Å². The van der Waals surface area contributed by atoms with Crippen LogP contribution in [0.15, 0.2) is 54.6 Å². The summed E-state index contributed by atoms with van der Waals surface area (Å²) < 4.78 is 11.7. The number of amides is 1. The maximum atomic E-state index is 12.7. The number of unbranched alkanes of at least 4 members (excludes halogenated alkanes) is 1. The standard InChI is InChI=1S/C35H48N4O4/c1-26(2)23-27(3)24-34(41)43-25-39-33(40)16-14-29-13-15-32(36-35(29)39)42-22-7-6-17-37-18-20-38(21-19-37)31-12-8-10-28-9-4-5-11-30(28)31/h4-5,8-13,15,26-27,34,41H,6-7,14,16-25H2,1-3H3. The first kappa shape index (κ1) is 31.2. The SMILES string of the molecule is CC(C)CC(C)CC(O)OCN1C(=O)CCc2ccc(OCCCCN3CCN(c4cccc5ccccc45)CC3)nc21. The molecule has 1 aromatic heterocycles. The third kappa shape index (κ3) is 8.46. The lowest BCUT2D eigenvalue weighted by Gasteiger charge is -2.36. The molecule has 2 aliphatic rings. The van der Waals surface area contributed by atoms with Gasteiger partial charge in [0.2, 0.25) is 11.8 Å². The quantitative estimate of drug-likeness (QED) is 0.187. The highest BCUT2D eigenvalue weighted by molar-refractivity contribution is 5.95. The fraction of sp³-hybridized carbons (Fsp3) is 0.543. The lowest BCUT2D eigenvalue weighted by Crippen LogP contribution is -2.46. The van der Waals surface area contributed by atoms with E-state index in [2.05, 4.69) is 78.0 Å². The van der Waals surface area contributed by atoms with Crippen LogP contribution < -0.4 is 14.5 Å². The summed E-state index contributed by atoms with van der Waals surface area (Å²) in [6.07, 6.45) is 3.72. The van der Waals surface area contributed by atoms with Gasteiger partial charge in [-0.15, -0.1) is 0 Å². The van der Waals surface area contributed by atoms with E-state index in [9.17, 15) is 9.90 Å². The highest BCUT2D eigenvalue weighted by Crippen LogP contribution is 2.29. The summed E-state index contributed by atoms with van der Waals surface area (Å²) in [5, 5.41) is 13.0. The highest BCUT2D eigenvalue weighted by Gasteiger charge is 2.27. The van der Waals surface area contributed by atoms with E-state index in [1.807, 2.05) is 12.1 Å². The molecule has 1 fully saturated rings. The number of hydrogen-bond acceptors (Lipinski definition) is 7. The highest BCUT2D eigenvalue weighted by atomic mass is 16.6. The van der Waals surface area contributed by atoms with Gasteiger partial charge in [-0.2, -0.15) is 4.98 Å². The van der Waals surface area contributed by atoms with E-state index < -0.39 is 6.29 Å². The number of aliphatic hydroxyl groups is 1. The average molecular weight is 589 g/mol. The number of nitrogens with zero attached hydrogens (tertiary/aromatic N) is 4. The number of rotatable bonds is 14. The zero-order chi connectivity index (χ0) is 30.2. The molecule has 0 saturated carbocycles. The van der Waals surface area contributed by atoms with Crippen molar-refractivity contribution < 1.29 is 19.4 Å². The molecule has 43 heavy (non-hydrogen) atoms. The van der Waals surface area contributed by atoms with Crippen molar-refractivity contribution in [2.45, 2.75) is 65.6 Å². The maximum Gasteiger partial charge on any atom is 0.230 e. The fourth-order valence-electron chi connectivity index (χ4n) is 6.38. The predicted octanol–water partition coefficient (Wildman–Crippen LogP) is 5.86. The van der Waals surface area contributed by atoms with Crippen LogP contribution in [0.3, 0.4) is 0 Å². The molecule has 1 N–H and O–H groups in total. The molecular weight excluding hydrogens is 540 g/mol. The van der Waals surface area contributed by atoms with Crippen LogP contribution >= 0.6 is 0 Å². The molecule has 0 radical (unpaired) electrons. The number of aryl methyl sites for hydroxylation is 1. The van der Waals surface area contributed by atoms with Crippen LogP contribution in [0.2, 0.25) is 0 Å². The third-order valence-corrected chi connectivity index (χ3v) is 8.57.